The van der Waals surface area contributed by atoms with Gasteiger partial charge >= 0.3 is 6.18 Å². The van der Waals surface area contributed by atoms with E-state index in [1.165, 1.54) is 24.3 Å². The zero-order valence-electron chi connectivity index (χ0n) is 10.8. The van der Waals surface area contributed by atoms with E-state index in [-0.39, 0.29) is 13.1 Å². The summed E-state index contributed by atoms with van der Waals surface area (Å²) in [5.74, 6) is -0.404. The number of nitrogens with one attached hydrogen (secondary N) is 1. The minimum Gasteiger partial charge on any atom is -0.383 e. The molecule has 7 heteroatoms. The van der Waals surface area contributed by atoms with E-state index in [0.29, 0.717) is 10.3 Å². The molecule has 1 aromatic carbocycles. The highest BCUT2D eigenvalue weighted by atomic mass is 19.4. The number of aromatic nitrogens is 1. The summed E-state index contributed by atoms with van der Waals surface area (Å²) >= 11 is 0. The molecule has 0 aliphatic carbocycles. The summed E-state index contributed by atoms with van der Waals surface area (Å²) in [7, 11) is 0. The number of anilines is 1. The molecule has 2 rings (SSSR count). The number of pyridine rings is 1. The molecule has 3 nitrogen and oxygen atoms in total. The highest BCUT2D eigenvalue weighted by Crippen LogP contribution is 2.27. The van der Waals surface area contributed by atoms with Crippen LogP contribution in [0.15, 0.2) is 47.3 Å². The normalized spacial score (nSPS) is 11.4. The van der Waals surface area contributed by atoms with Crippen LogP contribution < -0.4 is 10.9 Å². The van der Waals surface area contributed by atoms with E-state index in [1.807, 2.05) is 0 Å². The second kappa shape index (κ2) is 5.99. The van der Waals surface area contributed by atoms with Crippen LogP contribution in [0.4, 0.5) is 23.2 Å². The van der Waals surface area contributed by atoms with Crippen LogP contribution in [0.5, 0.6) is 0 Å². The molecule has 0 aliphatic heterocycles. The molecule has 2 aromatic rings. The molecule has 1 aromatic heterocycles. The van der Waals surface area contributed by atoms with Gasteiger partial charge in [-0.3, -0.25) is 4.79 Å². The van der Waals surface area contributed by atoms with Crippen LogP contribution in [0, 0.1) is 5.82 Å². The van der Waals surface area contributed by atoms with Gasteiger partial charge in [-0.2, -0.15) is 13.2 Å². The smallest absolute Gasteiger partial charge is 0.383 e. The largest absolute Gasteiger partial charge is 0.431 e. The molecule has 0 saturated heterocycles. The van der Waals surface area contributed by atoms with E-state index >= 15 is 0 Å². The van der Waals surface area contributed by atoms with Crippen LogP contribution in [0.3, 0.4) is 0 Å². The Morgan fingerprint density at radius 3 is 2.33 bits per heavy atom. The van der Waals surface area contributed by atoms with Crippen LogP contribution in [0.1, 0.15) is 5.69 Å². The van der Waals surface area contributed by atoms with E-state index in [2.05, 4.69) is 5.32 Å². The molecular weight excluding hydrogens is 288 g/mol. The summed E-state index contributed by atoms with van der Waals surface area (Å²) in [4.78, 5) is 11.6. The first-order valence-corrected chi connectivity index (χ1v) is 6.14. The van der Waals surface area contributed by atoms with E-state index < -0.39 is 23.2 Å². The number of benzene rings is 1. The monoisotopic (exact) mass is 300 g/mol. The highest BCUT2D eigenvalue weighted by molar-refractivity contribution is 5.42. The van der Waals surface area contributed by atoms with Gasteiger partial charge in [0.05, 0.1) is 0 Å². The van der Waals surface area contributed by atoms with Crippen molar-refractivity contribution < 1.29 is 17.6 Å². The highest BCUT2D eigenvalue weighted by Gasteiger charge is 2.33. The predicted molar refractivity (Wildman–Crippen MR) is 70.6 cm³/mol. The third-order valence-electron chi connectivity index (χ3n) is 2.85. The zero-order valence-corrected chi connectivity index (χ0v) is 10.8. The van der Waals surface area contributed by atoms with Gasteiger partial charge in [0, 0.05) is 24.8 Å². The molecule has 112 valence electrons. The molecule has 0 fully saturated rings. The molecule has 1 heterocycles. The molecule has 0 unspecified atom stereocenters. The summed E-state index contributed by atoms with van der Waals surface area (Å²) in [5.41, 5.74) is -1.14. The van der Waals surface area contributed by atoms with Gasteiger partial charge in [-0.1, -0.05) is 6.07 Å². The van der Waals surface area contributed by atoms with Gasteiger partial charge in [0.15, 0.2) is 0 Å². The summed E-state index contributed by atoms with van der Waals surface area (Å²) in [6.45, 7) is -0.0372. The second-order valence-electron chi connectivity index (χ2n) is 4.33. The van der Waals surface area contributed by atoms with Gasteiger partial charge in [0.2, 0.25) is 0 Å². The Balaban J connectivity index is 2.10. The zero-order chi connectivity index (χ0) is 15.5. The van der Waals surface area contributed by atoms with Crippen LogP contribution in [-0.4, -0.2) is 11.1 Å². The molecule has 0 aliphatic rings. The lowest BCUT2D eigenvalue weighted by Crippen LogP contribution is -2.29. The first-order valence-electron chi connectivity index (χ1n) is 6.14. The van der Waals surface area contributed by atoms with Crippen molar-refractivity contribution in [3.8, 4) is 0 Å². The van der Waals surface area contributed by atoms with Crippen molar-refractivity contribution in [2.24, 2.45) is 0 Å². The maximum atomic E-state index is 12.8. The fraction of sp³-hybridized carbons (Fsp3) is 0.214. The molecule has 0 spiro atoms. The molecule has 0 amide bonds. The lowest BCUT2D eigenvalue weighted by atomic mass is 10.3. The maximum Gasteiger partial charge on any atom is 0.431 e. The van der Waals surface area contributed by atoms with E-state index in [4.69, 9.17) is 0 Å². The third-order valence-corrected chi connectivity index (χ3v) is 2.85. The predicted octanol–water partition coefficient (Wildman–Crippen LogP) is 3.12. The van der Waals surface area contributed by atoms with Crippen molar-refractivity contribution in [2.45, 2.75) is 12.7 Å². The van der Waals surface area contributed by atoms with Gasteiger partial charge < -0.3 is 9.88 Å². The minimum absolute atomic E-state index is 0.110. The number of hydrogen-bond acceptors (Lipinski definition) is 2. The van der Waals surface area contributed by atoms with Crippen molar-refractivity contribution in [2.75, 3.05) is 11.9 Å². The standard InChI is InChI=1S/C14H12F4N2O/c15-10-4-6-11(7-5-10)19-8-9-20-12(14(16,17)18)2-1-3-13(20)21/h1-7,19H,8-9H2. The molecular formula is C14H12F4N2O. The Morgan fingerprint density at radius 2 is 1.71 bits per heavy atom. The lowest BCUT2D eigenvalue weighted by Gasteiger charge is -2.15. The number of alkyl halides is 3. The Kier molecular flexibility index (Phi) is 4.30. The van der Waals surface area contributed by atoms with Gasteiger partial charge in [-0.05, 0) is 30.3 Å². The van der Waals surface area contributed by atoms with Crippen molar-refractivity contribution in [3.05, 3.63) is 64.3 Å². The van der Waals surface area contributed by atoms with Crippen LogP contribution in [0.2, 0.25) is 0 Å². The quantitative estimate of drug-likeness (QED) is 0.880. The third kappa shape index (κ3) is 3.84. The molecule has 21 heavy (non-hydrogen) atoms. The van der Waals surface area contributed by atoms with Crippen molar-refractivity contribution in [3.63, 3.8) is 0 Å². The van der Waals surface area contributed by atoms with Gasteiger partial charge in [-0.25, -0.2) is 4.39 Å². The average molecular weight is 300 g/mol. The Bertz CT molecular complexity index is 662. The van der Waals surface area contributed by atoms with Crippen LogP contribution >= 0.6 is 0 Å². The van der Waals surface area contributed by atoms with Crippen molar-refractivity contribution >= 4 is 5.69 Å². The van der Waals surface area contributed by atoms with E-state index in [9.17, 15) is 22.4 Å². The van der Waals surface area contributed by atoms with Gasteiger partial charge in [-0.15, -0.1) is 0 Å². The molecule has 0 saturated carbocycles. The number of rotatable bonds is 4. The van der Waals surface area contributed by atoms with Gasteiger partial charge in [0.1, 0.15) is 11.5 Å². The van der Waals surface area contributed by atoms with Crippen molar-refractivity contribution in [1.82, 2.24) is 4.57 Å². The number of hydrogen-bond donors (Lipinski definition) is 1. The molecule has 0 bridgehead atoms. The maximum absolute atomic E-state index is 12.8. The first kappa shape index (κ1) is 15.1. The summed E-state index contributed by atoms with van der Waals surface area (Å²) in [5, 5.41) is 2.83. The molecule has 1 N–H and O–H groups in total. The second-order valence-corrected chi connectivity index (χ2v) is 4.33. The van der Waals surface area contributed by atoms with E-state index in [1.54, 1.807) is 0 Å². The fourth-order valence-electron chi connectivity index (χ4n) is 1.88. The Hall–Kier alpha value is -2.31. The SMILES string of the molecule is O=c1cccc(C(F)(F)F)n1CCNc1ccc(F)cc1. The average Bonchev–Trinajstić information content (AvgIpc) is 2.41. The van der Waals surface area contributed by atoms with Crippen molar-refractivity contribution in [1.29, 1.82) is 0 Å². The van der Waals surface area contributed by atoms with E-state index in [0.717, 1.165) is 18.2 Å². The molecule has 0 atom stereocenters. The summed E-state index contributed by atoms with van der Waals surface area (Å²) in [6, 6.07) is 8.42. The summed E-state index contributed by atoms with van der Waals surface area (Å²) < 4.78 is 51.8. The summed E-state index contributed by atoms with van der Waals surface area (Å²) in [6.07, 6.45) is -4.59. The minimum atomic E-state index is -4.59. The number of nitrogens with zero attached hydrogens (tertiary/aromatic N) is 1. The van der Waals surface area contributed by atoms with Crippen LogP contribution in [-0.2, 0) is 12.7 Å². The topological polar surface area (TPSA) is 34.0 Å². The number of halogens is 4. The van der Waals surface area contributed by atoms with Gasteiger partial charge in [0.25, 0.3) is 5.56 Å². The molecule has 0 radical (unpaired) electrons. The van der Waals surface area contributed by atoms with Crippen LogP contribution in [0.25, 0.3) is 0 Å². The Labute approximate surface area is 117 Å². The fourth-order valence-corrected chi connectivity index (χ4v) is 1.88. The lowest BCUT2D eigenvalue weighted by molar-refractivity contribution is -0.144. The Morgan fingerprint density at radius 1 is 1.05 bits per heavy atom. The first-order chi connectivity index (χ1) is 9.88.